The second kappa shape index (κ2) is 4.85. The monoisotopic (exact) mass is 221 g/mol. The van der Waals surface area contributed by atoms with Crippen LogP contribution in [0.4, 0.5) is 0 Å². The van der Waals surface area contributed by atoms with Crippen LogP contribution in [-0.4, -0.2) is 39.9 Å². The van der Waals surface area contributed by atoms with Crippen LogP contribution in [0.25, 0.3) is 0 Å². The number of rotatable bonds is 4. The van der Waals surface area contributed by atoms with Gasteiger partial charge in [-0.15, -0.1) is 10.2 Å². The van der Waals surface area contributed by atoms with E-state index in [-0.39, 0.29) is 12.6 Å². The van der Waals surface area contributed by atoms with Crippen molar-refractivity contribution in [3.05, 3.63) is 9.47 Å². The molecule has 0 aliphatic rings. The summed E-state index contributed by atoms with van der Waals surface area (Å²) < 4.78 is 0.458. The first-order valence-electron chi connectivity index (χ1n) is 3.92. The molecule has 1 aromatic rings. The Bertz CT molecular complexity index is 268. The second-order valence-corrected chi connectivity index (χ2v) is 4.54. The molecule has 0 aliphatic heterocycles. The molecule has 0 aliphatic carbocycles. The summed E-state index contributed by atoms with van der Waals surface area (Å²) in [7, 11) is 1.93. The molecule has 0 fully saturated rings. The Morgan fingerprint density at radius 2 is 2.31 bits per heavy atom. The van der Waals surface area contributed by atoms with Gasteiger partial charge in [-0.3, -0.25) is 4.90 Å². The lowest BCUT2D eigenvalue weighted by Crippen LogP contribution is -2.31. The van der Waals surface area contributed by atoms with E-state index in [0.717, 1.165) is 5.01 Å². The van der Waals surface area contributed by atoms with Crippen molar-refractivity contribution in [2.24, 2.45) is 0 Å². The first-order chi connectivity index (χ1) is 6.13. The highest BCUT2D eigenvalue weighted by Crippen LogP contribution is 2.16. The minimum Gasteiger partial charge on any atom is -0.395 e. The Morgan fingerprint density at radius 3 is 2.77 bits per heavy atom. The molecule has 0 amide bonds. The van der Waals surface area contributed by atoms with Gasteiger partial charge in [0.25, 0.3) is 0 Å². The first-order valence-corrected chi connectivity index (χ1v) is 5.12. The van der Waals surface area contributed by atoms with Gasteiger partial charge < -0.3 is 5.11 Å². The van der Waals surface area contributed by atoms with Crippen molar-refractivity contribution in [2.75, 3.05) is 13.7 Å². The molecule has 0 saturated carbocycles. The molecule has 0 aromatic carbocycles. The molecule has 1 unspecified atom stereocenters. The summed E-state index contributed by atoms with van der Waals surface area (Å²) in [5.74, 6) is 0. The molecule has 74 valence electrons. The Morgan fingerprint density at radius 1 is 1.62 bits per heavy atom. The number of nitrogens with zero attached hydrogens (tertiary/aromatic N) is 3. The van der Waals surface area contributed by atoms with Crippen LogP contribution in [0.2, 0.25) is 4.47 Å². The van der Waals surface area contributed by atoms with Crippen molar-refractivity contribution in [3.63, 3.8) is 0 Å². The molecule has 6 heteroatoms. The van der Waals surface area contributed by atoms with Crippen LogP contribution in [0, 0.1) is 0 Å². The Hall–Kier alpha value is -0.230. The largest absolute Gasteiger partial charge is 0.395 e. The van der Waals surface area contributed by atoms with Gasteiger partial charge in [0.1, 0.15) is 5.01 Å². The van der Waals surface area contributed by atoms with Crippen LogP contribution in [0.5, 0.6) is 0 Å². The van der Waals surface area contributed by atoms with E-state index < -0.39 is 0 Å². The lowest BCUT2D eigenvalue weighted by Gasteiger charge is -2.20. The molecular weight excluding hydrogens is 210 g/mol. The first kappa shape index (κ1) is 10.8. The molecule has 1 heterocycles. The average molecular weight is 222 g/mol. The molecule has 4 nitrogen and oxygen atoms in total. The van der Waals surface area contributed by atoms with Crippen molar-refractivity contribution >= 4 is 22.9 Å². The fourth-order valence-electron chi connectivity index (χ4n) is 0.806. The maximum atomic E-state index is 8.89. The van der Waals surface area contributed by atoms with Crippen molar-refractivity contribution in [1.82, 2.24) is 15.1 Å². The zero-order valence-corrected chi connectivity index (χ0v) is 9.14. The summed E-state index contributed by atoms with van der Waals surface area (Å²) in [4.78, 5) is 2.00. The van der Waals surface area contributed by atoms with Gasteiger partial charge in [-0.2, -0.15) is 0 Å². The molecule has 0 radical (unpaired) electrons. The molecule has 1 rings (SSSR count). The highest BCUT2D eigenvalue weighted by Gasteiger charge is 2.10. The highest BCUT2D eigenvalue weighted by atomic mass is 35.5. The van der Waals surface area contributed by atoms with Crippen molar-refractivity contribution < 1.29 is 5.11 Å². The zero-order valence-electron chi connectivity index (χ0n) is 7.57. The topological polar surface area (TPSA) is 49.2 Å². The predicted octanol–water partition coefficient (Wildman–Crippen LogP) is 1.00. The van der Waals surface area contributed by atoms with Crippen LogP contribution in [-0.2, 0) is 6.54 Å². The number of aromatic nitrogens is 2. The maximum Gasteiger partial charge on any atom is 0.207 e. The molecule has 1 aromatic heterocycles. The van der Waals surface area contributed by atoms with E-state index in [9.17, 15) is 0 Å². The lowest BCUT2D eigenvalue weighted by molar-refractivity contribution is 0.153. The summed E-state index contributed by atoms with van der Waals surface area (Å²) >= 11 is 7.00. The summed E-state index contributed by atoms with van der Waals surface area (Å²) in [6.07, 6.45) is 0. The third-order valence-corrected chi connectivity index (χ3v) is 2.85. The van der Waals surface area contributed by atoms with E-state index in [0.29, 0.717) is 11.0 Å². The second-order valence-electron chi connectivity index (χ2n) is 2.90. The third-order valence-electron chi connectivity index (χ3n) is 1.84. The number of aliphatic hydroxyl groups excluding tert-OH is 1. The predicted molar refractivity (Wildman–Crippen MR) is 52.9 cm³/mol. The van der Waals surface area contributed by atoms with E-state index in [1.165, 1.54) is 11.3 Å². The standard InChI is InChI=1S/C7H12ClN3OS/c1-5(4-12)11(2)3-6-9-10-7(8)13-6/h5,12H,3-4H2,1-2H3. The molecule has 1 atom stereocenters. The van der Waals surface area contributed by atoms with Gasteiger partial charge in [-0.05, 0) is 25.6 Å². The summed E-state index contributed by atoms with van der Waals surface area (Å²) in [6.45, 7) is 2.76. The number of aliphatic hydroxyl groups is 1. The van der Waals surface area contributed by atoms with Gasteiger partial charge in [0.05, 0.1) is 13.2 Å². The highest BCUT2D eigenvalue weighted by molar-refractivity contribution is 7.15. The van der Waals surface area contributed by atoms with E-state index >= 15 is 0 Å². The van der Waals surface area contributed by atoms with Gasteiger partial charge in [0, 0.05) is 6.04 Å². The molecule has 0 spiro atoms. The minimum atomic E-state index is 0.127. The normalized spacial score (nSPS) is 13.6. The van der Waals surface area contributed by atoms with Gasteiger partial charge >= 0.3 is 0 Å². The number of halogens is 1. The zero-order chi connectivity index (χ0) is 9.84. The van der Waals surface area contributed by atoms with Crippen molar-refractivity contribution in [1.29, 1.82) is 0 Å². The van der Waals surface area contributed by atoms with Crippen molar-refractivity contribution in [3.8, 4) is 0 Å². The van der Waals surface area contributed by atoms with Gasteiger partial charge in [-0.25, -0.2) is 0 Å². The molecular formula is C7H12ClN3OS. The van der Waals surface area contributed by atoms with Crippen LogP contribution >= 0.6 is 22.9 Å². The number of hydrogen-bond acceptors (Lipinski definition) is 5. The van der Waals surface area contributed by atoms with Crippen molar-refractivity contribution in [2.45, 2.75) is 19.5 Å². The molecule has 1 N–H and O–H groups in total. The van der Waals surface area contributed by atoms with Crippen LogP contribution in [0.3, 0.4) is 0 Å². The Balaban J connectivity index is 2.49. The Kier molecular flexibility index (Phi) is 4.05. The quantitative estimate of drug-likeness (QED) is 0.825. The molecule has 0 saturated heterocycles. The summed E-state index contributed by atoms with van der Waals surface area (Å²) in [5.41, 5.74) is 0. The van der Waals surface area contributed by atoms with E-state index in [4.69, 9.17) is 16.7 Å². The lowest BCUT2D eigenvalue weighted by atomic mass is 10.3. The third kappa shape index (κ3) is 3.19. The molecule has 0 bridgehead atoms. The van der Waals surface area contributed by atoms with Crippen LogP contribution in [0.15, 0.2) is 0 Å². The van der Waals surface area contributed by atoms with Crippen LogP contribution in [0.1, 0.15) is 11.9 Å². The molecule has 13 heavy (non-hydrogen) atoms. The number of likely N-dealkylation sites (N-methyl/N-ethyl adjacent to an activating group) is 1. The van der Waals surface area contributed by atoms with Gasteiger partial charge in [0.2, 0.25) is 4.47 Å². The fourth-order valence-corrected chi connectivity index (χ4v) is 1.74. The SMILES string of the molecule is CC(CO)N(C)Cc1nnc(Cl)s1. The van der Waals surface area contributed by atoms with E-state index in [2.05, 4.69) is 10.2 Å². The fraction of sp³-hybridized carbons (Fsp3) is 0.714. The Labute approximate surface area is 86.2 Å². The van der Waals surface area contributed by atoms with Crippen LogP contribution < -0.4 is 0 Å². The van der Waals surface area contributed by atoms with Gasteiger partial charge in [0.15, 0.2) is 0 Å². The van der Waals surface area contributed by atoms with E-state index in [1.807, 2.05) is 18.9 Å². The maximum absolute atomic E-state index is 8.89. The average Bonchev–Trinajstić information content (AvgIpc) is 2.49. The smallest absolute Gasteiger partial charge is 0.207 e. The summed E-state index contributed by atoms with van der Waals surface area (Å²) in [6, 6.07) is 0.127. The minimum absolute atomic E-state index is 0.127. The summed E-state index contributed by atoms with van der Waals surface area (Å²) in [5, 5.41) is 17.3. The van der Waals surface area contributed by atoms with E-state index in [1.54, 1.807) is 0 Å². The number of hydrogen-bond donors (Lipinski definition) is 1. The van der Waals surface area contributed by atoms with Gasteiger partial charge in [-0.1, -0.05) is 11.3 Å².